The van der Waals surface area contributed by atoms with E-state index >= 15 is 0 Å². The van der Waals surface area contributed by atoms with Gasteiger partial charge in [0, 0.05) is 19.8 Å². The Morgan fingerprint density at radius 2 is 0.918 bits per heavy atom. The second-order valence-corrected chi connectivity index (χ2v) is 14.2. The fourth-order valence-corrected chi connectivity index (χ4v) is 5.72. The highest BCUT2D eigenvalue weighted by molar-refractivity contribution is 4.93. The van der Waals surface area contributed by atoms with Crippen LogP contribution in [-0.2, 0) is 9.47 Å². The van der Waals surface area contributed by atoms with Gasteiger partial charge in [-0.3, -0.25) is 0 Å². The molecule has 0 aliphatic rings. The summed E-state index contributed by atoms with van der Waals surface area (Å²) in [7, 11) is 0. The summed E-state index contributed by atoms with van der Waals surface area (Å²) in [5.41, 5.74) is -1.38. The summed E-state index contributed by atoms with van der Waals surface area (Å²) in [5.74, 6) is 0. The average molecular weight is 692 g/mol. The minimum Gasteiger partial charge on any atom is -0.379 e. The van der Waals surface area contributed by atoms with E-state index in [9.17, 15) is 15.3 Å². The molecule has 0 saturated heterocycles. The number of ether oxygens (including phenoxy) is 2. The number of hydrogen-bond donors (Lipinski definition) is 3. The Morgan fingerprint density at radius 3 is 1.33 bits per heavy atom. The van der Waals surface area contributed by atoms with E-state index in [0.29, 0.717) is 19.8 Å². The Morgan fingerprint density at radius 1 is 0.531 bits per heavy atom. The molecule has 3 N–H and O–H groups in total. The zero-order valence-electron chi connectivity index (χ0n) is 32.7. The Labute approximate surface area is 304 Å². The molecule has 0 spiro atoms. The standard InChI is InChI=1S/C43H81NO5/c1-5-7-9-11-13-15-17-19-21-23-25-27-29-31-33-35-37-48-40-41(39-44(42(45)46)43(3,4)47)49-38-36-34-32-30-28-26-24-22-20-18-16-14-12-10-8-6-2/h13-16,19-22,41-42,45-47H,5-12,17-18,23-40H2,1-4H3/b15-13-,16-14-,21-19-,22-20-. The lowest BCUT2D eigenvalue weighted by molar-refractivity contribution is -0.248. The van der Waals surface area contributed by atoms with Gasteiger partial charge in [0.05, 0.1) is 12.7 Å². The molecule has 0 saturated carbocycles. The molecular weight excluding hydrogens is 610 g/mol. The molecule has 1 unspecified atom stereocenters. The highest BCUT2D eigenvalue weighted by atomic mass is 16.5. The SMILES string of the molecule is CCCCC/C=C\C/C=C\CCCCCCCCOCC(CN(C(O)O)C(C)(C)O)OCCCCCCCC/C=C\C/C=C\CCCCC. The van der Waals surface area contributed by atoms with Crippen LogP contribution in [0.1, 0.15) is 182 Å². The Balaban J connectivity index is 4.07. The predicted molar refractivity (Wildman–Crippen MR) is 211 cm³/mol. The quantitative estimate of drug-likeness (QED) is 0.0342. The zero-order chi connectivity index (χ0) is 36.1. The van der Waals surface area contributed by atoms with Crippen LogP contribution in [-0.4, -0.2) is 64.8 Å². The monoisotopic (exact) mass is 692 g/mol. The first-order valence-corrected chi connectivity index (χ1v) is 20.5. The van der Waals surface area contributed by atoms with Gasteiger partial charge < -0.3 is 24.8 Å². The van der Waals surface area contributed by atoms with E-state index < -0.39 is 12.1 Å². The van der Waals surface area contributed by atoms with Crippen molar-refractivity contribution >= 4 is 0 Å². The molecule has 49 heavy (non-hydrogen) atoms. The topological polar surface area (TPSA) is 82.4 Å². The van der Waals surface area contributed by atoms with E-state index in [4.69, 9.17) is 9.47 Å². The molecule has 0 aliphatic carbocycles. The van der Waals surface area contributed by atoms with Gasteiger partial charge in [-0.25, -0.2) is 4.90 Å². The molecule has 0 aliphatic heterocycles. The second kappa shape index (κ2) is 36.5. The lowest BCUT2D eigenvalue weighted by Crippen LogP contribution is -2.54. The van der Waals surface area contributed by atoms with Crippen molar-refractivity contribution in [1.82, 2.24) is 4.90 Å². The molecule has 0 aromatic heterocycles. The zero-order valence-corrected chi connectivity index (χ0v) is 32.7. The van der Waals surface area contributed by atoms with Crippen molar-refractivity contribution in [3.63, 3.8) is 0 Å². The van der Waals surface area contributed by atoms with Gasteiger partial charge in [0.25, 0.3) is 0 Å². The van der Waals surface area contributed by atoms with Crippen LogP contribution in [0.15, 0.2) is 48.6 Å². The van der Waals surface area contributed by atoms with Crippen molar-refractivity contribution < 1.29 is 24.8 Å². The number of aliphatic hydroxyl groups excluding tert-OH is 1. The van der Waals surface area contributed by atoms with Gasteiger partial charge in [0.15, 0.2) is 0 Å². The highest BCUT2D eigenvalue weighted by Crippen LogP contribution is 2.16. The van der Waals surface area contributed by atoms with Crippen LogP contribution < -0.4 is 0 Å². The minimum absolute atomic E-state index is 0.188. The molecule has 0 bridgehead atoms. The van der Waals surface area contributed by atoms with E-state index in [0.717, 1.165) is 38.5 Å². The third kappa shape index (κ3) is 34.9. The Kier molecular flexibility index (Phi) is 35.6. The molecule has 0 rings (SSSR count). The molecule has 1 atom stereocenters. The maximum Gasteiger partial charge on any atom is 0.215 e. The summed E-state index contributed by atoms with van der Waals surface area (Å²) in [4.78, 5) is 1.24. The summed E-state index contributed by atoms with van der Waals surface area (Å²) in [5, 5.41) is 30.2. The Hall–Kier alpha value is -1.28. The van der Waals surface area contributed by atoms with Gasteiger partial charge >= 0.3 is 0 Å². The largest absolute Gasteiger partial charge is 0.379 e. The van der Waals surface area contributed by atoms with Gasteiger partial charge in [0.1, 0.15) is 5.72 Å². The van der Waals surface area contributed by atoms with E-state index in [1.165, 1.54) is 120 Å². The molecule has 0 aromatic rings. The van der Waals surface area contributed by atoms with Crippen molar-refractivity contribution in [2.45, 2.75) is 200 Å². The van der Waals surface area contributed by atoms with Crippen LogP contribution in [0.2, 0.25) is 0 Å². The van der Waals surface area contributed by atoms with Crippen molar-refractivity contribution in [3.8, 4) is 0 Å². The molecule has 0 fully saturated rings. The van der Waals surface area contributed by atoms with E-state index in [1.807, 2.05) is 0 Å². The van der Waals surface area contributed by atoms with Gasteiger partial charge in [-0.15, -0.1) is 0 Å². The van der Waals surface area contributed by atoms with Crippen LogP contribution in [0.5, 0.6) is 0 Å². The number of hydrogen-bond acceptors (Lipinski definition) is 6. The summed E-state index contributed by atoms with van der Waals surface area (Å²) in [6, 6.07) is 0. The first-order valence-electron chi connectivity index (χ1n) is 20.5. The van der Waals surface area contributed by atoms with Crippen LogP contribution in [0.3, 0.4) is 0 Å². The van der Waals surface area contributed by atoms with Crippen LogP contribution in [0, 0.1) is 0 Å². The second-order valence-electron chi connectivity index (χ2n) is 14.2. The minimum atomic E-state index is -1.76. The maximum atomic E-state index is 10.4. The van der Waals surface area contributed by atoms with Crippen molar-refractivity contribution in [3.05, 3.63) is 48.6 Å². The number of aliphatic hydroxyl groups is 3. The number of unbranched alkanes of at least 4 members (excludes halogenated alkanes) is 18. The van der Waals surface area contributed by atoms with Crippen molar-refractivity contribution in [2.75, 3.05) is 26.4 Å². The summed E-state index contributed by atoms with van der Waals surface area (Å²) in [6.07, 6.45) is 45.3. The molecule has 6 heteroatoms. The van der Waals surface area contributed by atoms with Crippen LogP contribution in [0.25, 0.3) is 0 Å². The first kappa shape index (κ1) is 47.7. The molecular formula is C43H81NO5. The Bertz CT molecular complexity index is 786. The molecule has 6 nitrogen and oxygen atoms in total. The number of nitrogens with zero attached hydrogens (tertiary/aromatic N) is 1. The fourth-order valence-electron chi connectivity index (χ4n) is 5.72. The van der Waals surface area contributed by atoms with E-state index in [2.05, 4.69) is 62.5 Å². The first-order chi connectivity index (χ1) is 23.8. The molecule has 0 radical (unpaired) electrons. The normalized spacial score (nSPS) is 13.6. The lowest BCUT2D eigenvalue weighted by Gasteiger charge is -2.37. The average Bonchev–Trinajstić information content (AvgIpc) is 3.06. The summed E-state index contributed by atoms with van der Waals surface area (Å²) >= 11 is 0. The predicted octanol–water partition coefficient (Wildman–Crippen LogP) is 11.3. The number of rotatable bonds is 37. The summed E-state index contributed by atoms with van der Waals surface area (Å²) < 4.78 is 12.1. The number of allylic oxidation sites excluding steroid dienone is 8. The van der Waals surface area contributed by atoms with Gasteiger partial charge in [-0.1, -0.05) is 140 Å². The van der Waals surface area contributed by atoms with Crippen LogP contribution in [0.4, 0.5) is 0 Å². The van der Waals surface area contributed by atoms with E-state index in [-0.39, 0.29) is 12.6 Å². The molecule has 288 valence electrons. The molecule has 0 aromatic carbocycles. The van der Waals surface area contributed by atoms with Crippen molar-refractivity contribution in [2.24, 2.45) is 0 Å². The fraction of sp³-hybridized carbons (Fsp3) is 0.814. The summed E-state index contributed by atoms with van der Waals surface area (Å²) in [6.45, 7) is 9.44. The van der Waals surface area contributed by atoms with Crippen LogP contribution >= 0.6 is 0 Å². The maximum absolute atomic E-state index is 10.4. The lowest BCUT2D eigenvalue weighted by atomic mass is 10.1. The third-order valence-electron chi connectivity index (χ3n) is 8.87. The smallest absolute Gasteiger partial charge is 0.215 e. The third-order valence-corrected chi connectivity index (χ3v) is 8.87. The molecule has 0 amide bonds. The highest BCUT2D eigenvalue weighted by Gasteiger charge is 2.31. The van der Waals surface area contributed by atoms with Gasteiger partial charge in [0.2, 0.25) is 6.41 Å². The van der Waals surface area contributed by atoms with Crippen molar-refractivity contribution in [1.29, 1.82) is 0 Å². The van der Waals surface area contributed by atoms with Gasteiger partial charge in [-0.2, -0.15) is 0 Å². The molecule has 0 heterocycles. The van der Waals surface area contributed by atoms with Gasteiger partial charge in [-0.05, 0) is 90.9 Å². The van der Waals surface area contributed by atoms with E-state index in [1.54, 1.807) is 13.8 Å².